The van der Waals surface area contributed by atoms with Gasteiger partial charge in [-0.15, -0.1) is 0 Å². The fraction of sp³-hybridized carbons (Fsp3) is 0.150. The number of hydrogen-bond acceptors (Lipinski definition) is 6. The maximum absolute atomic E-state index is 13.2. The number of hydrogen-bond donors (Lipinski definition) is 1. The van der Waals surface area contributed by atoms with E-state index in [1.165, 1.54) is 39.5 Å². The van der Waals surface area contributed by atoms with Crippen molar-refractivity contribution in [2.45, 2.75) is 0 Å². The molecule has 0 aliphatic carbocycles. The molecule has 0 radical (unpaired) electrons. The number of carbonyl (C=O) groups is 3. The molecule has 1 N–H and O–H groups in total. The Kier molecular flexibility index (Phi) is 5.49. The number of benzene rings is 2. The highest BCUT2D eigenvalue weighted by molar-refractivity contribution is 6.39. The Morgan fingerprint density at radius 2 is 1.52 bits per heavy atom. The summed E-state index contributed by atoms with van der Waals surface area (Å²) in [5.41, 5.74) is 0.0966. The fourth-order valence-electron chi connectivity index (χ4n) is 2.80. The summed E-state index contributed by atoms with van der Waals surface area (Å²) in [4.78, 5) is 38.3. The normalized spacial score (nSPS) is 15.4. The first kappa shape index (κ1) is 19.9. The Morgan fingerprint density at radius 3 is 2.03 bits per heavy atom. The molecule has 0 aromatic heterocycles. The molecule has 9 heteroatoms. The van der Waals surface area contributed by atoms with E-state index in [-0.39, 0.29) is 11.3 Å². The molecule has 0 unspecified atom stereocenters. The summed E-state index contributed by atoms with van der Waals surface area (Å²) in [7, 11) is 4.29. The number of ether oxygens (including phenoxy) is 3. The second-order valence-electron chi connectivity index (χ2n) is 5.88. The number of halogens is 1. The van der Waals surface area contributed by atoms with Crippen LogP contribution in [0.15, 0.2) is 42.0 Å². The van der Waals surface area contributed by atoms with Crippen molar-refractivity contribution in [2.75, 3.05) is 26.2 Å². The molecule has 29 heavy (non-hydrogen) atoms. The minimum atomic E-state index is -0.933. The third-order valence-electron chi connectivity index (χ3n) is 4.23. The Balaban J connectivity index is 2.11. The van der Waals surface area contributed by atoms with Gasteiger partial charge in [-0.25, -0.2) is 14.1 Å². The van der Waals surface area contributed by atoms with Crippen LogP contribution >= 0.6 is 0 Å². The minimum absolute atomic E-state index is 0.112. The molecular weight excluding hydrogens is 383 g/mol. The summed E-state index contributed by atoms with van der Waals surface area (Å²) in [5.74, 6) is -1.25. The lowest BCUT2D eigenvalue weighted by Gasteiger charge is -2.26. The van der Waals surface area contributed by atoms with Gasteiger partial charge in [0.05, 0.1) is 32.6 Å². The lowest BCUT2D eigenvalue weighted by atomic mass is 10.0. The second-order valence-corrected chi connectivity index (χ2v) is 5.88. The lowest BCUT2D eigenvalue weighted by molar-refractivity contribution is -0.122. The van der Waals surface area contributed by atoms with Crippen LogP contribution in [0.2, 0.25) is 0 Å². The molecule has 3 rings (SSSR count). The molecule has 1 heterocycles. The standard InChI is InChI=1S/C20H17FN2O6/c1-27-13-8-16(28-2)14(17(9-13)29-3)10-15-18(24)22-20(26)23(19(15)25)12-6-4-11(21)5-7-12/h4-10H,1-3H3,(H,22,24,26). The summed E-state index contributed by atoms with van der Waals surface area (Å²) in [6.07, 6.45) is 1.26. The number of amides is 4. The van der Waals surface area contributed by atoms with Gasteiger partial charge in [-0.2, -0.15) is 0 Å². The van der Waals surface area contributed by atoms with Crippen molar-refractivity contribution in [2.24, 2.45) is 0 Å². The molecule has 150 valence electrons. The van der Waals surface area contributed by atoms with E-state index in [1.54, 1.807) is 12.1 Å². The van der Waals surface area contributed by atoms with Gasteiger partial charge in [-0.1, -0.05) is 0 Å². The number of methoxy groups -OCH3 is 3. The molecule has 1 saturated heterocycles. The number of anilines is 1. The fourth-order valence-corrected chi connectivity index (χ4v) is 2.80. The Labute approximate surface area is 165 Å². The van der Waals surface area contributed by atoms with Crippen LogP contribution in [0.25, 0.3) is 6.08 Å². The molecule has 1 fully saturated rings. The van der Waals surface area contributed by atoms with E-state index in [2.05, 4.69) is 5.32 Å². The maximum Gasteiger partial charge on any atom is 0.335 e. The highest BCUT2D eigenvalue weighted by Gasteiger charge is 2.37. The van der Waals surface area contributed by atoms with Gasteiger partial charge in [0.15, 0.2) is 0 Å². The van der Waals surface area contributed by atoms with Gasteiger partial charge in [0, 0.05) is 12.1 Å². The van der Waals surface area contributed by atoms with E-state index >= 15 is 0 Å². The molecular formula is C20H17FN2O6. The molecule has 0 atom stereocenters. The number of imide groups is 2. The molecule has 0 bridgehead atoms. The zero-order valence-electron chi connectivity index (χ0n) is 15.8. The maximum atomic E-state index is 13.2. The average Bonchev–Trinajstić information content (AvgIpc) is 2.71. The van der Waals surface area contributed by atoms with Crippen LogP contribution < -0.4 is 24.4 Å². The molecule has 2 aromatic rings. The average molecular weight is 400 g/mol. The van der Waals surface area contributed by atoms with Crippen molar-refractivity contribution in [1.29, 1.82) is 0 Å². The Morgan fingerprint density at radius 1 is 0.931 bits per heavy atom. The third-order valence-corrected chi connectivity index (χ3v) is 4.23. The van der Waals surface area contributed by atoms with E-state index in [9.17, 15) is 18.8 Å². The Hall–Kier alpha value is -3.88. The zero-order chi connectivity index (χ0) is 21.1. The van der Waals surface area contributed by atoms with Gasteiger partial charge in [-0.05, 0) is 30.3 Å². The first-order chi connectivity index (χ1) is 13.9. The first-order valence-electron chi connectivity index (χ1n) is 8.36. The van der Waals surface area contributed by atoms with E-state index in [0.717, 1.165) is 17.0 Å². The molecule has 8 nitrogen and oxygen atoms in total. The van der Waals surface area contributed by atoms with E-state index in [0.29, 0.717) is 22.8 Å². The number of carbonyl (C=O) groups excluding carboxylic acids is 3. The van der Waals surface area contributed by atoms with Gasteiger partial charge in [0.25, 0.3) is 11.8 Å². The SMILES string of the molecule is COc1cc(OC)c(C=C2C(=O)NC(=O)N(c3ccc(F)cc3)C2=O)c(OC)c1. The number of rotatable bonds is 5. The largest absolute Gasteiger partial charge is 0.496 e. The van der Waals surface area contributed by atoms with Crippen LogP contribution in [0.3, 0.4) is 0 Å². The van der Waals surface area contributed by atoms with Crippen LogP contribution in [0.5, 0.6) is 17.2 Å². The summed E-state index contributed by atoms with van der Waals surface area (Å²) in [5, 5.41) is 2.10. The predicted octanol–water partition coefficient (Wildman–Crippen LogP) is 2.52. The quantitative estimate of drug-likeness (QED) is 0.612. The zero-order valence-corrected chi connectivity index (χ0v) is 15.8. The number of barbiturate groups is 1. The van der Waals surface area contributed by atoms with Crippen LogP contribution in [0.1, 0.15) is 5.56 Å². The smallest absolute Gasteiger partial charge is 0.335 e. The van der Waals surface area contributed by atoms with Crippen molar-refractivity contribution in [3.63, 3.8) is 0 Å². The van der Waals surface area contributed by atoms with Crippen LogP contribution in [-0.4, -0.2) is 39.2 Å². The van der Waals surface area contributed by atoms with Gasteiger partial charge in [0.2, 0.25) is 0 Å². The van der Waals surface area contributed by atoms with Gasteiger partial charge >= 0.3 is 6.03 Å². The topological polar surface area (TPSA) is 94.2 Å². The minimum Gasteiger partial charge on any atom is -0.496 e. The number of nitrogens with zero attached hydrogens (tertiary/aromatic N) is 1. The van der Waals surface area contributed by atoms with Crippen molar-refractivity contribution in [3.05, 3.63) is 53.4 Å². The molecule has 1 aliphatic rings. The summed E-state index contributed by atoms with van der Waals surface area (Å²) >= 11 is 0. The molecule has 0 spiro atoms. The summed E-state index contributed by atoms with van der Waals surface area (Å²) < 4.78 is 29.0. The highest BCUT2D eigenvalue weighted by Crippen LogP contribution is 2.36. The van der Waals surface area contributed by atoms with E-state index in [4.69, 9.17) is 14.2 Å². The molecule has 2 aromatic carbocycles. The van der Waals surface area contributed by atoms with Gasteiger partial charge in [0.1, 0.15) is 28.6 Å². The molecule has 0 saturated carbocycles. The molecule has 1 aliphatic heterocycles. The first-order valence-corrected chi connectivity index (χ1v) is 8.36. The van der Waals surface area contributed by atoms with Crippen LogP contribution in [0, 0.1) is 5.82 Å². The van der Waals surface area contributed by atoms with Crippen molar-refractivity contribution >= 4 is 29.6 Å². The van der Waals surface area contributed by atoms with Crippen molar-refractivity contribution in [1.82, 2.24) is 5.32 Å². The van der Waals surface area contributed by atoms with Crippen molar-refractivity contribution in [3.8, 4) is 17.2 Å². The van der Waals surface area contributed by atoms with Gasteiger partial charge < -0.3 is 14.2 Å². The number of nitrogens with one attached hydrogen (secondary N) is 1. The number of urea groups is 1. The van der Waals surface area contributed by atoms with Crippen LogP contribution in [0.4, 0.5) is 14.9 Å². The third kappa shape index (κ3) is 3.75. The van der Waals surface area contributed by atoms with Crippen LogP contribution in [-0.2, 0) is 9.59 Å². The van der Waals surface area contributed by atoms with Crippen molar-refractivity contribution < 1.29 is 33.0 Å². The molecule has 4 amide bonds. The Bertz CT molecular complexity index is 991. The van der Waals surface area contributed by atoms with Gasteiger partial charge in [-0.3, -0.25) is 14.9 Å². The van der Waals surface area contributed by atoms with E-state index in [1.807, 2.05) is 0 Å². The van der Waals surface area contributed by atoms with E-state index < -0.39 is 23.7 Å². The summed E-state index contributed by atoms with van der Waals surface area (Å²) in [6, 6.07) is 6.91. The monoisotopic (exact) mass is 400 g/mol. The highest BCUT2D eigenvalue weighted by atomic mass is 19.1. The summed E-state index contributed by atoms with van der Waals surface area (Å²) in [6.45, 7) is 0. The second kappa shape index (κ2) is 8.01. The lowest BCUT2D eigenvalue weighted by Crippen LogP contribution is -2.54. The predicted molar refractivity (Wildman–Crippen MR) is 101 cm³/mol.